The van der Waals surface area contributed by atoms with Crippen molar-refractivity contribution in [3.05, 3.63) is 34.1 Å². The van der Waals surface area contributed by atoms with E-state index in [4.69, 9.17) is 0 Å². The van der Waals surface area contributed by atoms with Crippen LogP contribution in [0.3, 0.4) is 0 Å². The number of carbonyl (C=O) groups is 1. The van der Waals surface area contributed by atoms with Crippen molar-refractivity contribution >= 4 is 31.9 Å². The first-order chi connectivity index (χ1) is 9.02. The third kappa shape index (κ3) is 5.18. The summed E-state index contributed by atoms with van der Waals surface area (Å²) in [7, 11) is -3.38. The van der Waals surface area contributed by atoms with Gasteiger partial charge < -0.3 is 5.32 Å². The topological polar surface area (TPSA) is 75.3 Å². The van der Waals surface area contributed by atoms with Crippen LogP contribution in [0.15, 0.2) is 22.7 Å². The summed E-state index contributed by atoms with van der Waals surface area (Å²) in [4.78, 5) is 11.9. The van der Waals surface area contributed by atoms with Gasteiger partial charge in [-0.3, -0.25) is 4.79 Å². The van der Waals surface area contributed by atoms with Crippen LogP contribution in [-0.2, 0) is 10.0 Å². The Kier molecular flexibility index (Phi) is 5.28. The second-order valence-electron chi connectivity index (χ2n) is 5.04. The summed E-state index contributed by atoms with van der Waals surface area (Å²) < 4.78 is 38.2. The predicted octanol–water partition coefficient (Wildman–Crippen LogP) is 1.65. The van der Waals surface area contributed by atoms with Crippen LogP contribution in [-0.4, -0.2) is 32.7 Å². The average molecular weight is 367 g/mol. The normalized spacial score (nSPS) is 12.2. The number of carbonyl (C=O) groups excluding carboxylic acids is 1. The average Bonchev–Trinajstić information content (AvgIpc) is 2.27. The van der Waals surface area contributed by atoms with Crippen molar-refractivity contribution in [2.45, 2.75) is 19.4 Å². The van der Waals surface area contributed by atoms with Crippen LogP contribution < -0.4 is 10.0 Å². The minimum atomic E-state index is -3.38. The van der Waals surface area contributed by atoms with Gasteiger partial charge in [0.1, 0.15) is 5.82 Å². The van der Waals surface area contributed by atoms with E-state index in [1.54, 1.807) is 13.8 Å². The van der Waals surface area contributed by atoms with Crippen LogP contribution >= 0.6 is 15.9 Å². The molecule has 112 valence electrons. The van der Waals surface area contributed by atoms with E-state index in [1.807, 2.05) is 0 Å². The summed E-state index contributed by atoms with van der Waals surface area (Å²) in [5.74, 6) is -1.02. The Bertz CT molecular complexity index is 617. The largest absolute Gasteiger partial charge is 0.350 e. The van der Waals surface area contributed by atoms with Crippen molar-refractivity contribution in [3.63, 3.8) is 0 Å². The third-order valence-corrected chi connectivity index (χ3v) is 4.08. The fourth-order valence-corrected chi connectivity index (χ4v) is 3.13. The number of benzene rings is 1. The molecular weight excluding hydrogens is 351 g/mol. The number of hydrogen-bond donors (Lipinski definition) is 2. The highest BCUT2D eigenvalue weighted by Gasteiger charge is 2.23. The molecule has 1 amide bonds. The maximum Gasteiger partial charge on any atom is 0.252 e. The van der Waals surface area contributed by atoms with Crippen molar-refractivity contribution in [2.24, 2.45) is 0 Å². The van der Waals surface area contributed by atoms with Crippen molar-refractivity contribution in [1.29, 1.82) is 0 Å². The van der Waals surface area contributed by atoms with E-state index >= 15 is 0 Å². The molecule has 0 aliphatic rings. The van der Waals surface area contributed by atoms with Gasteiger partial charge in [0.15, 0.2) is 0 Å². The second kappa shape index (κ2) is 6.19. The van der Waals surface area contributed by atoms with Crippen molar-refractivity contribution in [3.8, 4) is 0 Å². The molecule has 0 atom stereocenters. The molecule has 8 heteroatoms. The van der Waals surface area contributed by atoms with Gasteiger partial charge in [0.05, 0.1) is 16.3 Å². The van der Waals surface area contributed by atoms with Gasteiger partial charge in [-0.05, 0) is 41.9 Å². The van der Waals surface area contributed by atoms with Crippen LogP contribution in [0.4, 0.5) is 4.39 Å². The zero-order chi connectivity index (χ0) is 15.6. The predicted molar refractivity (Wildman–Crippen MR) is 78.5 cm³/mol. The second-order valence-corrected chi connectivity index (χ2v) is 7.58. The van der Waals surface area contributed by atoms with Crippen LogP contribution in [0, 0.1) is 5.82 Å². The Balaban J connectivity index is 2.75. The Morgan fingerprint density at radius 3 is 2.55 bits per heavy atom. The van der Waals surface area contributed by atoms with Crippen LogP contribution in [0.5, 0.6) is 0 Å². The minimum Gasteiger partial charge on any atom is -0.350 e. The summed E-state index contributed by atoms with van der Waals surface area (Å²) in [6, 6.07) is 4.13. The molecule has 5 nitrogen and oxygen atoms in total. The molecule has 0 aromatic heterocycles. The minimum absolute atomic E-state index is 0.0713. The highest BCUT2D eigenvalue weighted by atomic mass is 79.9. The fraction of sp³-hybridized carbons (Fsp3) is 0.417. The number of hydrogen-bond acceptors (Lipinski definition) is 3. The Hall–Kier alpha value is -0.990. The standard InChI is InChI=1S/C12H16BrFN2O3S/c1-12(2,16-20(3,18)19)7-15-11(17)8-5-4-6-9(14)10(8)13/h4-6,16H,7H2,1-3H3,(H,15,17). The molecule has 0 aliphatic heterocycles. The molecule has 0 heterocycles. The molecule has 1 aromatic carbocycles. The van der Waals surface area contributed by atoms with Crippen LogP contribution in [0.2, 0.25) is 0 Å². The molecule has 0 aliphatic carbocycles. The van der Waals surface area contributed by atoms with Crippen molar-refractivity contribution < 1.29 is 17.6 Å². The van der Waals surface area contributed by atoms with Gasteiger partial charge in [-0.2, -0.15) is 0 Å². The molecule has 2 N–H and O–H groups in total. The summed E-state index contributed by atoms with van der Waals surface area (Å²) in [6.07, 6.45) is 1.04. The number of nitrogens with one attached hydrogen (secondary N) is 2. The van der Waals surface area contributed by atoms with Crippen molar-refractivity contribution in [1.82, 2.24) is 10.0 Å². The lowest BCUT2D eigenvalue weighted by atomic mass is 10.1. The van der Waals surface area contributed by atoms with Crippen LogP contribution in [0.25, 0.3) is 0 Å². The monoisotopic (exact) mass is 366 g/mol. The highest BCUT2D eigenvalue weighted by Crippen LogP contribution is 2.20. The first-order valence-electron chi connectivity index (χ1n) is 5.73. The van der Waals surface area contributed by atoms with E-state index in [0.717, 1.165) is 6.26 Å². The van der Waals surface area contributed by atoms with Crippen molar-refractivity contribution in [2.75, 3.05) is 12.8 Å². The smallest absolute Gasteiger partial charge is 0.252 e. The van der Waals surface area contributed by atoms with Gasteiger partial charge in [0, 0.05) is 12.1 Å². The summed E-state index contributed by atoms with van der Waals surface area (Å²) in [5.41, 5.74) is -0.691. The van der Waals surface area contributed by atoms with E-state index in [0.29, 0.717) is 0 Å². The van der Waals surface area contributed by atoms with Gasteiger partial charge in [-0.25, -0.2) is 17.5 Å². The maximum absolute atomic E-state index is 13.3. The molecule has 0 unspecified atom stereocenters. The molecule has 20 heavy (non-hydrogen) atoms. The molecule has 0 spiro atoms. The van der Waals surface area contributed by atoms with Gasteiger partial charge in [0.25, 0.3) is 5.91 Å². The zero-order valence-corrected chi connectivity index (χ0v) is 13.7. The number of sulfonamides is 1. The van der Waals surface area contributed by atoms with E-state index in [-0.39, 0.29) is 16.6 Å². The first kappa shape index (κ1) is 17.1. The molecular formula is C12H16BrFN2O3S. The molecule has 1 rings (SSSR count). The number of halogens is 2. The number of amides is 1. The highest BCUT2D eigenvalue weighted by molar-refractivity contribution is 9.10. The maximum atomic E-state index is 13.3. The lowest BCUT2D eigenvalue weighted by Gasteiger charge is -2.25. The Labute approximate surface area is 126 Å². The van der Waals surface area contributed by atoms with Gasteiger partial charge >= 0.3 is 0 Å². The first-order valence-corrected chi connectivity index (χ1v) is 8.41. The Morgan fingerprint density at radius 2 is 2.00 bits per heavy atom. The van der Waals surface area contributed by atoms with E-state index < -0.39 is 27.3 Å². The van der Waals surface area contributed by atoms with Crippen LogP contribution in [0.1, 0.15) is 24.2 Å². The molecule has 1 aromatic rings. The molecule has 0 radical (unpaired) electrons. The fourth-order valence-electron chi connectivity index (χ4n) is 1.61. The molecule has 0 saturated heterocycles. The lowest BCUT2D eigenvalue weighted by Crippen LogP contribution is -2.51. The summed E-state index contributed by atoms with van der Waals surface area (Å²) in [5, 5.41) is 2.57. The van der Waals surface area contributed by atoms with Gasteiger partial charge in [0.2, 0.25) is 10.0 Å². The number of rotatable bonds is 5. The lowest BCUT2D eigenvalue weighted by molar-refractivity contribution is 0.0943. The summed E-state index contributed by atoms with van der Waals surface area (Å²) in [6.45, 7) is 3.34. The summed E-state index contributed by atoms with van der Waals surface area (Å²) >= 11 is 3.00. The van der Waals surface area contributed by atoms with E-state index in [2.05, 4.69) is 26.0 Å². The van der Waals surface area contributed by atoms with Gasteiger partial charge in [-0.15, -0.1) is 0 Å². The van der Waals surface area contributed by atoms with E-state index in [1.165, 1.54) is 18.2 Å². The molecule has 0 saturated carbocycles. The molecule has 0 fully saturated rings. The van der Waals surface area contributed by atoms with Gasteiger partial charge in [-0.1, -0.05) is 6.07 Å². The zero-order valence-electron chi connectivity index (χ0n) is 11.3. The SMILES string of the molecule is CC(C)(CNC(=O)c1cccc(F)c1Br)NS(C)(=O)=O. The molecule has 0 bridgehead atoms. The van der Waals surface area contributed by atoms with E-state index in [9.17, 15) is 17.6 Å². The third-order valence-electron chi connectivity index (χ3n) is 2.35. The Morgan fingerprint density at radius 1 is 1.40 bits per heavy atom. The quantitative estimate of drug-likeness (QED) is 0.831.